The van der Waals surface area contributed by atoms with Gasteiger partial charge in [0, 0.05) is 23.5 Å². The second-order valence-corrected chi connectivity index (χ2v) is 10.1. The Bertz CT molecular complexity index is 1580. The van der Waals surface area contributed by atoms with Crippen LogP contribution in [-0.2, 0) is 6.42 Å². The van der Waals surface area contributed by atoms with Gasteiger partial charge in [-0.25, -0.2) is 18.6 Å². The summed E-state index contributed by atoms with van der Waals surface area (Å²) in [6.07, 6.45) is 0.685. The highest BCUT2D eigenvalue weighted by atomic mass is 35.5. The smallest absolute Gasteiger partial charge is 0.345 e. The van der Waals surface area contributed by atoms with Crippen LogP contribution in [0.4, 0.5) is 26.2 Å². The second-order valence-electron chi connectivity index (χ2n) is 9.33. The molecule has 1 unspecified atom stereocenters. The lowest BCUT2D eigenvalue weighted by Crippen LogP contribution is -2.35. The van der Waals surface area contributed by atoms with Gasteiger partial charge < -0.3 is 15.0 Å². The summed E-state index contributed by atoms with van der Waals surface area (Å²) in [4.78, 5) is 24.2. The third-order valence-electron chi connectivity index (χ3n) is 6.83. The standard InChI is InChI=1S/C29H24Cl2F2N4O2/c1-15-16(2)34-29(35-20-6-4-19(32)5-7-20)36-27(15)37-11-10-18-12-21(8-9-22(18)17(37)3)39-28(38)23-13-26(33)25(31)14-24(23)30/h4-9,12-14,17H,10-11H2,1-3H3,(H,34,35,36). The summed E-state index contributed by atoms with van der Waals surface area (Å²) in [5, 5.41) is 3.00. The number of aryl methyl sites for hydroxylation is 1. The molecule has 0 bridgehead atoms. The molecular formula is C29H24Cl2F2N4O2. The molecule has 3 aromatic carbocycles. The first-order valence-corrected chi connectivity index (χ1v) is 13.0. The molecule has 2 heterocycles. The number of benzene rings is 3. The largest absolute Gasteiger partial charge is 0.423 e. The normalized spacial score (nSPS) is 14.6. The number of hydrogen-bond acceptors (Lipinski definition) is 6. The molecule has 6 nitrogen and oxygen atoms in total. The Labute approximate surface area is 234 Å². The summed E-state index contributed by atoms with van der Waals surface area (Å²) < 4.78 is 32.7. The number of ether oxygens (including phenoxy) is 1. The van der Waals surface area contributed by atoms with E-state index in [0.717, 1.165) is 34.3 Å². The maximum Gasteiger partial charge on any atom is 0.345 e. The summed E-state index contributed by atoms with van der Waals surface area (Å²) in [6, 6.07) is 13.6. The van der Waals surface area contributed by atoms with E-state index >= 15 is 0 Å². The first kappa shape index (κ1) is 26.8. The van der Waals surface area contributed by atoms with E-state index in [-0.39, 0.29) is 27.5 Å². The van der Waals surface area contributed by atoms with Crippen LogP contribution in [0.5, 0.6) is 5.75 Å². The zero-order valence-corrected chi connectivity index (χ0v) is 22.9. The van der Waals surface area contributed by atoms with E-state index in [1.165, 1.54) is 18.2 Å². The molecule has 4 aromatic rings. The minimum atomic E-state index is -0.769. The molecule has 1 atom stereocenters. The lowest BCUT2D eigenvalue weighted by Gasteiger charge is -2.37. The van der Waals surface area contributed by atoms with E-state index in [1.807, 2.05) is 26.0 Å². The molecule has 1 aliphatic heterocycles. The van der Waals surface area contributed by atoms with Gasteiger partial charge in [0.05, 0.1) is 21.7 Å². The Kier molecular flexibility index (Phi) is 7.42. The van der Waals surface area contributed by atoms with Crippen LogP contribution in [0.25, 0.3) is 0 Å². The van der Waals surface area contributed by atoms with Gasteiger partial charge in [0.2, 0.25) is 5.95 Å². The number of rotatable bonds is 5. The Morgan fingerprint density at radius 1 is 1.03 bits per heavy atom. The molecule has 200 valence electrons. The molecule has 0 aliphatic carbocycles. The number of hydrogen-bond donors (Lipinski definition) is 1. The maximum atomic E-state index is 13.9. The van der Waals surface area contributed by atoms with Gasteiger partial charge in [0.1, 0.15) is 23.2 Å². The minimum absolute atomic E-state index is 0.0115. The van der Waals surface area contributed by atoms with Gasteiger partial charge in [-0.05, 0) is 86.8 Å². The molecule has 0 amide bonds. The molecule has 0 saturated heterocycles. The summed E-state index contributed by atoms with van der Waals surface area (Å²) in [5.74, 6) is -0.264. The number of esters is 1. The zero-order chi connectivity index (χ0) is 27.8. The zero-order valence-electron chi connectivity index (χ0n) is 21.4. The topological polar surface area (TPSA) is 67.3 Å². The first-order chi connectivity index (χ1) is 18.6. The fourth-order valence-electron chi connectivity index (χ4n) is 4.61. The molecule has 1 aliphatic rings. The molecular weight excluding hydrogens is 545 g/mol. The molecule has 10 heteroatoms. The summed E-state index contributed by atoms with van der Waals surface area (Å²) in [5.41, 5.74) is 4.49. The number of carbonyl (C=O) groups excluding carboxylic acids is 1. The average Bonchev–Trinajstić information content (AvgIpc) is 2.90. The first-order valence-electron chi connectivity index (χ1n) is 12.2. The van der Waals surface area contributed by atoms with Crippen LogP contribution < -0.4 is 15.0 Å². The monoisotopic (exact) mass is 568 g/mol. The van der Waals surface area contributed by atoms with Crippen LogP contribution in [0.15, 0.2) is 54.6 Å². The van der Waals surface area contributed by atoms with E-state index in [1.54, 1.807) is 18.2 Å². The van der Waals surface area contributed by atoms with Gasteiger partial charge in [-0.3, -0.25) is 0 Å². The number of carbonyl (C=O) groups is 1. The molecule has 1 N–H and O–H groups in total. The van der Waals surface area contributed by atoms with Gasteiger partial charge in [-0.15, -0.1) is 0 Å². The van der Waals surface area contributed by atoms with E-state index in [0.29, 0.717) is 30.4 Å². The van der Waals surface area contributed by atoms with E-state index < -0.39 is 11.8 Å². The van der Waals surface area contributed by atoms with E-state index in [4.69, 9.17) is 32.9 Å². The van der Waals surface area contributed by atoms with Crippen LogP contribution in [0.3, 0.4) is 0 Å². The molecule has 1 aromatic heterocycles. The van der Waals surface area contributed by atoms with Gasteiger partial charge in [-0.1, -0.05) is 29.3 Å². The number of nitrogens with zero attached hydrogens (tertiary/aromatic N) is 3. The van der Waals surface area contributed by atoms with Crippen molar-refractivity contribution in [1.29, 1.82) is 0 Å². The summed E-state index contributed by atoms with van der Waals surface area (Å²) in [7, 11) is 0. The van der Waals surface area contributed by atoms with Gasteiger partial charge in [0.25, 0.3) is 0 Å². The SMILES string of the molecule is Cc1nc(Nc2ccc(F)cc2)nc(N2CCc3cc(OC(=O)c4cc(F)c(Cl)cc4Cl)ccc3C2C)c1C. The number of anilines is 3. The highest BCUT2D eigenvalue weighted by Gasteiger charge is 2.28. The van der Waals surface area contributed by atoms with Crippen molar-refractivity contribution in [3.63, 3.8) is 0 Å². The van der Waals surface area contributed by atoms with Crippen molar-refractivity contribution in [2.75, 3.05) is 16.8 Å². The van der Waals surface area contributed by atoms with Crippen molar-refractivity contribution in [1.82, 2.24) is 9.97 Å². The van der Waals surface area contributed by atoms with Gasteiger partial charge >= 0.3 is 5.97 Å². The van der Waals surface area contributed by atoms with Crippen LogP contribution in [0, 0.1) is 25.5 Å². The predicted molar refractivity (Wildman–Crippen MR) is 148 cm³/mol. The van der Waals surface area contributed by atoms with Crippen LogP contribution in [0.1, 0.15) is 45.7 Å². The Hall–Kier alpha value is -3.75. The molecule has 0 fully saturated rings. The molecule has 0 saturated carbocycles. The van der Waals surface area contributed by atoms with Gasteiger partial charge in [0.15, 0.2) is 0 Å². The van der Waals surface area contributed by atoms with Crippen molar-refractivity contribution >= 4 is 46.6 Å². The maximum absolute atomic E-state index is 13.9. The fraction of sp³-hybridized carbons (Fsp3) is 0.207. The third-order valence-corrected chi connectivity index (χ3v) is 7.43. The third kappa shape index (κ3) is 5.53. The number of aromatic nitrogens is 2. The predicted octanol–water partition coefficient (Wildman–Crippen LogP) is 7.76. The van der Waals surface area contributed by atoms with Crippen LogP contribution >= 0.6 is 23.2 Å². The number of fused-ring (bicyclic) bond motifs is 1. The number of nitrogens with one attached hydrogen (secondary N) is 1. The Morgan fingerprint density at radius 3 is 2.51 bits per heavy atom. The molecule has 0 radical (unpaired) electrons. The van der Waals surface area contributed by atoms with Crippen molar-refractivity contribution in [2.45, 2.75) is 33.2 Å². The Morgan fingerprint density at radius 2 is 1.77 bits per heavy atom. The Balaban J connectivity index is 1.37. The van der Waals surface area contributed by atoms with E-state index in [9.17, 15) is 13.6 Å². The minimum Gasteiger partial charge on any atom is -0.423 e. The quantitative estimate of drug-likeness (QED) is 0.151. The van der Waals surface area contributed by atoms with Crippen LogP contribution in [0.2, 0.25) is 10.0 Å². The number of halogens is 4. The van der Waals surface area contributed by atoms with E-state index in [2.05, 4.69) is 22.1 Å². The van der Waals surface area contributed by atoms with Crippen molar-refractivity contribution in [3.8, 4) is 5.75 Å². The molecule has 5 rings (SSSR count). The van der Waals surface area contributed by atoms with Crippen LogP contribution in [-0.4, -0.2) is 22.5 Å². The molecule has 0 spiro atoms. The summed E-state index contributed by atoms with van der Waals surface area (Å²) >= 11 is 11.8. The lowest BCUT2D eigenvalue weighted by atomic mass is 9.93. The summed E-state index contributed by atoms with van der Waals surface area (Å²) in [6.45, 7) is 6.68. The lowest BCUT2D eigenvalue weighted by molar-refractivity contribution is 0.0734. The average molecular weight is 569 g/mol. The highest BCUT2D eigenvalue weighted by molar-refractivity contribution is 6.36. The molecule has 39 heavy (non-hydrogen) atoms. The van der Waals surface area contributed by atoms with Crippen molar-refractivity contribution in [2.24, 2.45) is 0 Å². The second kappa shape index (κ2) is 10.8. The van der Waals surface area contributed by atoms with Crippen molar-refractivity contribution in [3.05, 3.63) is 104 Å². The highest BCUT2D eigenvalue weighted by Crippen LogP contribution is 2.37. The van der Waals surface area contributed by atoms with Crippen molar-refractivity contribution < 1.29 is 18.3 Å². The van der Waals surface area contributed by atoms with Gasteiger partial charge in [-0.2, -0.15) is 4.98 Å². The fourth-order valence-corrected chi connectivity index (χ4v) is 5.07.